The fourth-order valence-corrected chi connectivity index (χ4v) is 2.64. The van der Waals surface area contributed by atoms with Crippen LogP contribution in [-0.2, 0) is 11.3 Å². The largest absolute Gasteiger partial charge is 0.478 e. The average molecular weight is 306 g/mol. The number of thiophene rings is 1. The number of aliphatic carboxylic acids is 1. The average Bonchev–Trinajstić information content (AvgIpc) is 3.00. The Kier molecular flexibility index (Phi) is 4.54. The Morgan fingerprint density at radius 3 is 2.86 bits per heavy atom. The van der Waals surface area contributed by atoms with Crippen molar-refractivity contribution in [2.75, 3.05) is 0 Å². The minimum absolute atomic E-state index is 0.212. The molecule has 1 amide bonds. The van der Waals surface area contributed by atoms with Gasteiger partial charge in [-0.1, -0.05) is 0 Å². The molecule has 0 aliphatic heterocycles. The number of rotatable bonds is 5. The Bertz CT molecular complexity index is 700. The summed E-state index contributed by atoms with van der Waals surface area (Å²) in [5.41, 5.74) is 0.856. The van der Waals surface area contributed by atoms with Gasteiger partial charge in [0.15, 0.2) is 0 Å². The van der Waals surface area contributed by atoms with Gasteiger partial charge in [-0.3, -0.25) is 4.79 Å². The summed E-state index contributed by atoms with van der Waals surface area (Å²) < 4.78 is 5.26. The van der Waals surface area contributed by atoms with E-state index in [-0.39, 0.29) is 12.5 Å². The maximum Gasteiger partial charge on any atom is 0.328 e. The summed E-state index contributed by atoms with van der Waals surface area (Å²) in [6.45, 7) is 3.82. The van der Waals surface area contributed by atoms with Gasteiger partial charge in [-0.05, 0) is 31.6 Å². The van der Waals surface area contributed by atoms with E-state index in [4.69, 9.17) is 9.52 Å². The number of carboxylic acid groups (broad SMARTS) is 1. The molecule has 0 saturated carbocycles. The third kappa shape index (κ3) is 4.03. The van der Waals surface area contributed by atoms with E-state index in [0.29, 0.717) is 16.5 Å². The van der Waals surface area contributed by atoms with E-state index < -0.39 is 5.97 Å². The number of oxazole rings is 1. The quantitative estimate of drug-likeness (QED) is 0.827. The van der Waals surface area contributed by atoms with E-state index in [0.717, 1.165) is 16.5 Å². The van der Waals surface area contributed by atoms with Crippen LogP contribution >= 0.6 is 11.3 Å². The molecule has 0 radical (unpaired) electrons. The summed E-state index contributed by atoms with van der Waals surface area (Å²) >= 11 is 1.24. The maximum atomic E-state index is 12.0. The number of nitrogens with zero attached hydrogens (tertiary/aromatic N) is 1. The van der Waals surface area contributed by atoms with Crippen LogP contribution in [0.15, 0.2) is 22.8 Å². The number of carbonyl (C=O) groups excluding carboxylic acids is 1. The molecule has 6 nitrogen and oxygen atoms in total. The van der Waals surface area contributed by atoms with Gasteiger partial charge in [0, 0.05) is 11.0 Å². The number of hydrogen-bond donors (Lipinski definition) is 2. The number of nitrogens with one attached hydrogen (secondary N) is 1. The van der Waals surface area contributed by atoms with E-state index in [1.54, 1.807) is 19.2 Å². The van der Waals surface area contributed by atoms with Crippen molar-refractivity contribution in [3.05, 3.63) is 45.3 Å². The number of amides is 1. The molecule has 0 unspecified atom stereocenters. The van der Waals surface area contributed by atoms with Gasteiger partial charge in [0.05, 0.1) is 17.6 Å². The fraction of sp³-hybridized carbons (Fsp3) is 0.214. The van der Waals surface area contributed by atoms with E-state index in [1.807, 2.05) is 6.92 Å². The molecule has 0 bridgehead atoms. The Morgan fingerprint density at radius 1 is 1.48 bits per heavy atom. The first-order chi connectivity index (χ1) is 9.95. The molecule has 2 N–H and O–H groups in total. The van der Waals surface area contributed by atoms with Crippen LogP contribution in [0.3, 0.4) is 0 Å². The van der Waals surface area contributed by atoms with Crippen molar-refractivity contribution in [3.8, 4) is 0 Å². The van der Waals surface area contributed by atoms with Crippen LogP contribution in [0, 0.1) is 13.8 Å². The highest BCUT2D eigenvalue weighted by Crippen LogP contribution is 2.23. The molecule has 7 heteroatoms. The van der Waals surface area contributed by atoms with Crippen LogP contribution < -0.4 is 5.32 Å². The van der Waals surface area contributed by atoms with Gasteiger partial charge in [-0.25, -0.2) is 9.78 Å². The Morgan fingerprint density at radius 2 is 2.24 bits per heavy atom. The van der Waals surface area contributed by atoms with Crippen molar-refractivity contribution in [2.24, 2.45) is 0 Å². The highest BCUT2D eigenvalue weighted by atomic mass is 32.1. The van der Waals surface area contributed by atoms with E-state index in [2.05, 4.69) is 10.3 Å². The summed E-state index contributed by atoms with van der Waals surface area (Å²) in [5, 5.41) is 11.3. The lowest BCUT2D eigenvalue weighted by atomic mass is 10.2. The highest BCUT2D eigenvalue weighted by molar-refractivity contribution is 7.15. The van der Waals surface area contributed by atoms with Crippen molar-refractivity contribution < 1.29 is 19.1 Å². The lowest BCUT2D eigenvalue weighted by Gasteiger charge is -1.99. The molecule has 2 rings (SSSR count). The van der Waals surface area contributed by atoms with Gasteiger partial charge in [0.2, 0.25) is 5.89 Å². The summed E-state index contributed by atoms with van der Waals surface area (Å²) in [4.78, 5) is 27.8. The first kappa shape index (κ1) is 15.0. The van der Waals surface area contributed by atoms with Crippen LogP contribution in [0.25, 0.3) is 6.08 Å². The van der Waals surface area contributed by atoms with Crippen molar-refractivity contribution in [1.82, 2.24) is 10.3 Å². The third-order valence-corrected chi connectivity index (χ3v) is 3.83. The normalized spacial score (nSPS) is 11.0. The van der Waals surface area contributed by atoms with Crippen LogP contribution in [0.1, 0.15) is 31.8 Å². The summed E-state index contributed by atoms with van der Waals surface area (Å²) in [6, 6.07) is 1.72. The third-order valence-electron chi connectivity index (χ3n) is 2.63. The molecule has 0 aliphatic carbocycles. The van der Waals surface area contributed by atoms with Crippen LogP contribution in [0.5, 0.6) is 0 Å². The van der Waals surface area contributed by atoms with Gasteiger partial charge in [0.25, 0.3) is 5.91 Å². The molecule has 0 fully saturated rings. The molecule has 0 atom stereocenters. The Labute approximate surface area is 125 Å². The number of carbonyl (C=O) groups is 2. The lowest BCUT2D eigenvalue weighted by molar-refractivity contribution is -0.131. The summed E-state index contributed by atoms with van der Waals surface area (Å²) in [5.74, 6) is -0.130. The zero-order valence-electron chi connectivity index (χ0n) is 11.5. The van der Waals surface area contributed by atoms with Crippen LogP contribution in [0.2, 0.25) is 0 Å². The first-order valence-corrected chi connectivity index (χ1v) is 6.98. The zero-order valence-corrected chi connectivity index (χ0v) is 12.4. The van der Waals surface area contributed by atoms with E-state index in [1.165, 1.54) is 17.4 Å². The molecule has 110 valence electrons. The van der Waals surface area contributed by atoms with Gasteiger partial charge in [0.1, 0.15) is 5.76 Å². The van der Waals surface area contributed by atoms with Gasteiger partial charge in [-0.15, -0.1) is 11.3 Å². The SMILES string of the molecule is Cc1cnc(CNC(=O)c2cc(C)c(/C=C/C(=O)O)s2)o1. The first-order valence-electron chi connectivity index (χ1n) is 6.16. The van der Waals surface area contributed by atoms with Crippen molar-refractivity contribution in [2.45, 2.75) is 20.4 Å². The highest BCUT2D eigenvalue weighted by Gasteiger charge is 2.12. The van der Waals surface area contributed by atoms with Gasteiger partial charge >= 0.3 is 5.97 Å². The zero-order chi connectivity index (χ0) is 15.4. The monoisotopic (exact) mass is 306 g/mol. The predicted octanol–water partition coefficient (Wildman–Crippen LogP) is 2.38. The van der Waals surface area contributed by atoms with E-state index >= 15 is 0 Å². The smallest absolute Gasteiger partial charge is 0.328 e. The summed E-state index contributed by atoms with van der Waals surface area (Å²) in [7, 11) is 0. The van der Waals surface area contributed by atoms with Crippen molar-refractivity contribution in [3.63, 3.8) is 0 Å². The predicted molar refractivity (Wildman–Crippen MR) is 78.1 cm³/mol. The number of carboxylic acids is 1. The number of aryl methyl sites for hydroxylation is 2. The number of hydrogen-bond acceptors (Lipinski definition) is 5. The molecular weight excluding hydrogens is 292 g/mol. The summed E-state index contributed by atoms with van der Waals surface area (Å²) in [6.07, 6.45) is 4.12. The molecule has 0 saturated heterocycles. The minimum Gasteiger partial charge on any atom is -0.478 e. The standard InChI is InChI=1S/C14H14N2O4S/c1-8-5-11(21-10(8)3-4-13(17)18)14(19)16-7-12-15-6-9(2)20-12/h3-6H,7H2,1-2H3,(H,16,19)(H,17,18)/b4-3+. The molecule has 2 heterocycles. The number of aromatic nitrogens is 1. The van der Waals surface area contributed by atoms with Crippen LogP contribution in [0.4, 0.5) is 0 Å². The van der Waals surface area contributed by atoms with Crippen molar-refractivity contribution >= 4 is 29.3 Å². The fourth-order valence-electron chi connectivity index (χ4n) is 1.65. The second-order valence-electron chi connectivity index (χ2n) is 4.38. The van der Waals surface area contributed by atoms with Gasteiger partial charge < -0.3 is 14.8 Å². The van der Waals surface area contributed by atoms with Crippen LogP contribution in [-0.4, -0.2) is 22.0 Å². The molecule has 2 aromatic rings. The molecule has 0 aliphatic rings. The van der Waals surface area contributed by atoms with E-state index in [9.17, 15) is 9.59 Å². The minimum atomic E-state index is -1.02. The second kappa shape index (κ2) is 6.36. The molecular formula is C14H14N2O4S. The molecule has 2 aromatic heterocycles. The van der Waals surface area contributed by atoms with Crippen molar-refractivity contribution in [1.29, 1.82) is 0 Å². The lowest BCUT2D eigenvalue weighted by Crippen LogP contribution is -2.21. The molecule has 21 heavy (non-hydrogen) atoms. The second-order valence-corrected chi connectivity index (χ2v) is 5.46. The maximum absolute atomic E-state index is 12.0. The topological polar surface area (TPSA) is 92.4 Å². The Balaban J connectivity index is 2.02. The molecule has 0 aromatic carbocycles. The molecule has 0 spiro atoms. The van der Waals surface area contributed by atoms with Gasteiger partial charge in [-0.2, -0.15) is 0 Å². The Hall–Kier alpha value is -2.41.